The van der Waals surface area contributed by atoms with E-state index >= 15 is 0 Å². The molecular weight excluding hydrogens is 346 g/mol. The quantitative estimate of drug-likeness (QED) is 0.449. The van der Waals surface area contributed by atoms with E-state index in [0.717, 1.165) is 27.5 Å². The zero-order valence-electron chi connectivity index (χ0n) is 14.4. The molecule has 0 saturated carbocycles. The van der Waals surface area contributed by atoms with Gasteiger partial charge in [0.25, 0.3) is 0 Å². The lowest BCUT2D eigenvalue weighted by Gasteiger charge is -2.15. The average Bonchev–Trinajstić information content (AvgIpc) is 3.00. The number of carbonyl (C=O) groups excluding carboxylic acids is 1. The third kappa shape index (κ3) is 2.74. The van der Waals surface area contributed by atoms with Crippen LogP contribution in [0.4, 0.5) is 0 Å². The number of aromatic nitrogens is 1. The molecule has 26 heavy (non-hydrogen) atoms. The van der Waals surface area contributed by atoms with E-state index in [1.807, 2.05) is 49.4 Å². The van der Waals surface area contributed by atoms with Crippen LogP contribution in [0.2, 0.25) is 5.02 Å². The van der Waals surface area contributed by atoms with Gasteiger partial charge in [0.05, 0.1) is 16.1 Å². The molecule has 1 aromatic heterocycles. The van der Waals surface area contributed by atoms with Crippen LogP contribution < -0.4 is 4.74 Å². The molecule has 4 aromatic rings. The van der Waals surface area contributed by atoms with Crippen LogP contribution in [0, 0.1) is 0 Å². The molecular formula is C22H18ClNO2. The topological polar surface area (TPSA) is 31.2 Å². The maximum absolute atomic E-state index is 11.7. The maximum Gasteiger partial charge on any atom is 0.169 e. The van der Waals surface area contributed by atoms with Crippen molar-refractivity contribution in [3.63, 3.8) is 0 Å². The second-order valence-corrected chi connectivity index (χ2v) is 6.54. The summed E-state index contributed by atoms with van der Waals surface area (Å²) in [7, 11) is 0. The zero-order valence-corrected chi connectivity index (χ0v) is 15.2. The number of halogens is 1. The highest BCUT2D eigenvalue weighted by Gasteiger charge is 2.18. The molecule has 0 radical (unpaired) electrons. The lowest BCUT2D eigenvalue weighted by molar-refractivity contribution is -0.120. The highest BCUT2D eigenvalue weighted by atomic mass is 35.5. The van der Waals surface area contributed by atoms with Gasteiger partial charge in [-0.15, -0.1) is 0 Å². The van der Waals surface area contributed by atoms with E-state index in [4.69, 9.17) is 16.3 Å². The third-order valence-electron chi connectivity index (χ3n) is 4.54. The first-order chi connectivity index (χ1) is 12.7. The fourth-order valence-corrected chi connectivity index (χ4v) is 3.50. The van der Waals surface area contributed by atoms with E-state index in [0.29, 0.717) is 17.2 Å². The number of para-hydroxylation sites is 3. The predicted molar refractivity (Wildman–Crippen MR) is 107 cm³/mol. The summed E-state index contributed by atoms with van der Waals surface area (Å²) in [6.45, 7) is 1.87. The Hall–Kier alpha value is -2.78. The van der Waals surface area contributed by atoms with Gasteiger partial charge in [0.1, 0.15) is 18.0 Å². The summed E-state index contributed by atoms with van der Waals surface area (Å²) in [4.78, 5) is 11.7. The molecule has 0 aliphatic rings. The van der Waals surface area contributed by atoms with Crippen LogP contribution in [-0.4, -0.2) is 17.0 Å². The first-order valence-electron chi connectivity index (χ1n) is 8.62. The maximum atomic E-state index is 11.7. The molecule has 0 N–H and O–H groups in total. The van der Waals surface area contributed by atoms with Gasteiger partial charge < -0.3 is 9.30 Å². The third-order valence-corrected chi connectivity index (χ3v) is 4.84. The van der Waals surface area contributed by atoms with Crippen LogP contribution in [0.25, 0.3) is 27.5 Å². The van der Waals surface area contributed by atoms with Crippen molar-refractivity contribution in [2.75, 3.05) is 6.61 Å². The van der Waals surface area contributed by atoms with Crippen LogP contribution in [0.15, 0.2) is 66.7 Å². The normalized spacial score (nSPS) is 11.2. The highest BCUT2D eigenvalue weighted by molar-refractivity contribution is 6.33. The molecule has 1 heterocycles. The number of fused-ring (bicyclic) bond motifs is 3. The molecule has 0 saturated heterocycles. The molecule has 0 aliphatic heterocycles. The number of ketones is 1. The number of hydrogen-bond acceptors (Lipinski definition) is 2. The van der Waals surface area contributed by atoms with E-state index in [2.05, 4.69) is 28.8 Å². The standard InChI is InChI=1S/C22H18ClNO2/c1-2-15(25)14-26-21-13-7-10-18(23)22(21)24-19-11-5-3-8-16(19)17-9-4-6-12-20(17)24/h3-13H,2,14H2,1H3. The first-order valence-corrected chi connectivity index (χ1v) is 9.00. The van der Waals surface area contributed by atoms with E-state index in [9.17, 15) is 4.79 Å². The van der Waals surface area contributed by atoms with Gasteiger partial charge in [0.2, 0.25) is 0 Å². The Bertz CT molecular complexity index is 1060. The van der Waals surface area contributed by atoms with Crippen LogP contribution in [0.5, 0.6) is 5.75 Å². The predicted octanol–water partition coefficient (Wildman–Crippen LogP) is 5.80. The Morgan fingerprint density at radius 1 is 0.923 bits per heavy atom. The van der Waals surface area contributed by atoms with Crippen molar-refractivity contribution >= 4 is 39.2 Å². The fourth-order valence-electron chi connectivity index (χ4n) is 3.25. The summed E-state index contributed by atoms with van der Waals surface area (Å²) in [5.41, 5.74) is 2.86. The van der Waals surface area contributed by atoms with Crippen molar-refractivity contribution in [1.82, 2.24) is 4.57 Å². The number of ether oxygens (including phenoxy) is 1. The van der Waals surface area contributed by atoms with Crippen molar-refractivity contribution in [2.45, 2.75) is 13.3 Å². The summed E-state index contributed by atoms with van der Waals surface area (Å²) in [6.07, 6.45) is 0.450. The van der Waals surface area contributed by atoms with Gasteiger partial charge in [0, 0.05) is 17.2 Å². The first kappa shape index (κ1) is 16.7. The molecule has 0 spiro atoms. The monoisotopic (exact) mass is 363 g/mol. The van der Waals surface area contributed by atoms with Gasteiger partial charge in [-0.3, -0.25) is 4.79 Å². The summed E-state index contributed by atoms with van der Waals surface area (Å²) >= 11 is 6.59. The molecule has 3 aromatic carbocycles. The molecule has 4 rings (SSSR count). The number of nitrogens with zero attached hydrogens (tertiary/aromatic N) is 1. The van der Waals surface area contributed by atoms with Crippen molar-refractivity contribution in [1.29, 1.82) is 0 Å². The van der Waals surface area contributed by atoms with E-state index in [1.54, 1.807) is 0 Å². The van der Waals surface area contributed by atoms with Crippen molar-refractivity contribution in [2.24, 2.45) is 0 Å². The van der Waals surface area contributed by atoms with Gasteiger partial charge in [0.15, 0.2) is 5.78 Å². The summed E-state index contributed by atoms with van der Waals surface area (Å²) in [5.74, 6) is 0.656. The lowest BCUT2D eigenvalue weighted by Crippen LogP contribution is -2.11. The summed E-state index contributed by atoms with van der Waals surface area (Å²) in [6, 6.07) is 22.0. The molecule has 0 fully saturated rings. The smallest absolute Gasteiger partial charge is 0.169 e. The molecule has 3 nitrogen and oxygen atoms in total. The Balaban J connectivity index is 1.99. The minimum atomic E-state index is 0.0426. The zero-order chi connectivity index (χ0) is 18.1. The number of benzene rings is 3. The average molecular weight is 364 g/mol. The van der Waals surface area contributed by atoms with Crippen molar-refractivity contribution in [3.05, 3.63) is 71.8 Å². The largest absolute Gasteiger partial charge is 0.484 e. The Morgan fingerprint density at radius 3 is 2.15 bits per heavy atom. The second-order valence-electron chi connectivity index (χ2n) is 6.14. The molecule has 4 heteroatoms. The van der Waals surface area contributed by atoms with Gasteiger partial charge in [-0.05, 0) is 24.3 Å². The van der Waals surface area contributed by atoms with Gasteiger partial charge in [-0.1, -0.05) is 61.0 Å². The van der Waals surface area contributed by atoms with Crippen LogP contribution >= 0.6 is 11.6 Å². The molecule has 0 amide bonds. The van der Waals surface area contributed by atoms with E-state index < -0.39 is 0 Å². The lowest BCUT2D eigenvalue weighted by atomic mass is 10.2. The molecule has 0 unspecified atom stereocenters. The van der Waals surface area contributed by atoms with Gasteiger partial charge in [-0.25, -0.2) is 0 Å². The minimum absolute atomic E-state index is 0.0426. The van der Waals surface area contributed by atoms with E-state index in [-0.39, 0.29) is 12.4 Å². The molecule has 0 aliphatic carbocycles. The second kappa shape index (κ2) is 6.85. The van der Waals surface area contributed by atoms with E-state index in [1.165, 1.54) is 0 Å². The van der Waals surface area contributed by atoms with Crippen LogP contribution in [0.1, 0.15) is 13.3 Å². The SMILES string of the molecule is CCC(=O)COc1cccc(Cl)c1-n1c2ccccc2c2ccccc21. The van der Waals surface area contributed by atoms with Crippen LogP contribution in [-0.2, 0) is 4.79 Å². The Morgan fingerprint density at radius 2 is 1.54 bits per heavy atom. The molecule has 0 bridgehead atoms. The van der Waals surface area contributed by atoms with Gasteiger partial charge >= 0.3 is 0 Å². The van der Waals surface area contributed by atoms with Crippen molar-refractivity contribution < 1.29 is 9.53 Å². The molecule has 130 valence electrons. The Labute approximate surface area is 156 Å². The number of hydrogen-bond donors (Lipinski definition) is 0. The van der Waals surface area contributed by atoms with Gasteiger partial charge in [-0.2, -0.15) is 0 Å². The molecule has 0 atom stereocenters. The highest BCUT2D eigenvalue weighted by Crippen LogP contribution is 2.38. The summed E-state index contributed by atoms with van der Waals surface area (Å²) in [5, 5.41) is 2.88. The fraction of sp³-hybridized carbons (Fsp3) is 0.136. The Kier molecular flexibility index (Phi) is 4.39. The number of Topliss-reactive ketones (excluding diaryl/α,β-unsaturated/α-hetero) is 1. The van der Waals surface area contributed by atoms with Crippen LogP contribution in [0.3, 0.4) is 0 Å². The van der Waals surface area contributed by atoms with Crippen molar-refractivity contribution in [3.8, 4) is 11.4 Å². The summed E-state index contributed by atoms with van der Waals surface area (Å²) < 4.78 is 7.95. The number of rotatable bonds is 5. The number of carbonyl (C=O) groups is 1. The minimum Gasteiger partial charge on any atom is -0.484 e.